The van der Waals surface area contributed by atoms with Crippen molar-refractivity contribution in [3.8, 4) is 5.75 Å². The fourth-order valence-electron chi connectivity index (χ4n) is 2.68. The summed E-state index contributed by atoms with van der Waals surface area (Å²) in [5, 5.41) is 2.97. The minimum absolute atomic E-state index is 0.0416. The van der Waals surface area contributed by atoms with Gasteiger partial charge in [0.2, 0.25) is 0 Å². The Hall–Kier alpha value is -1.76. The van der Waals surface area contributed by atoms with Gasteiger partial charge >= 0.3 is 6.03 Å². The Morgan fingerprint density at radius 3 is 2.39 bits per heavy atom. The van der Waals surface area contributed by atoms with Crippen LogP contribution in [-0.4, -0.2) is 51.1 Å². The molecule has 1 unspecified atom stereocenters. The third-order valence-electron chi connectivity index (χ3n) is 4.31. The average molecular weight is 340 g/mol. The van der Waals surface area contributed by atoms with E-state index in [2.05, 4.69) is 5.32 Å². The van der Waals surface area contributed by atoms with Crippen LogP contribution < -0.4 is 10.1 Å². The molecule has 1 aromatic rings. The zero-order valence-corrected chi connectivity index (χ0v) is 14.8. The van der Waals surface area contributed by atoms with E-state index < -0.39 is 15.4 Å². The second-order valence-electron chi connectivity index (χ2n) is 6.45. The van der Waals surface area contributed by atoms with Crippen LogP contribution in [-0.2, 0) is 15.4 Å². The Morgan fingerprint density at radius 2 is 1.91 bits per heavy atom. The second kappa shape index (κ2) is 6.39. The zero-order valence-electron chi connectivity index (χ0n) is 14.0. The van der Waals surface area contributed by atoms with E-state index in [1.165, 1.54) is 4.90 Å². The first-order chi connectivity index (χ1) is 10.6. The van der Waals surface area contributed by atoms with Crippen LogP contribution in [0.1, 0.15) is 25.8 Å². The molecule has 1 aliphatic rings. The van der Waals surface area contributed by atoms with Crippen LogP contribution in [0.4, 0.5) is 4.79 Å². The number of nitrogens with zero attached hydrogens (tertiary/aromatic N) is 1. The van der Waals surface area contributed by atoms with Crippen LogP contribution in [0.15, 0.2) is 24.3 Å². The van der Waals surface area contributed by atoms with E-state index in [4.69, 9.17) is 4.74 Å². The highest BCUT2D eigenvalue weighted by molar-refractivity contribution is 7.91. The number of nitrogens with one attached hydrogen (secondary N) is 1. The van der Waals surface area contributed by atoms with Gasteiger partial charge in [-0.25, -0.2) is 13.2 Å². The van der Waals surface area contributed by atoms with Crippen LogP contribution in [0.2, 0.25) is 0 Å². The lowest BCUT2D eigenvalue weighted by molar-refractivity contribution is 0.184. The van der Waals surface area contributed by atoms with Crippen molar-refractivity contribution in [3.63, 3.8) is 0 Å². The van der Waals surface area contributed by atoms with Crippen LogP contribution in [0.3, 0.4) is 0 Å². The maximum atomic E-state index is 12.4. The van der Waals surface area contributed by atoms with Crippen molar-refractivity contribution >= 4 is 15.9 Å². The fraction of sp³-hybridized carbons (Fsp3) is 0.562. The molecule has 1 heterocycles. The van der Waals surface area contributed by atoms with Gasteiger partial charge in [-0.3, -0.25) is 0 Å². The molecule has 23 heavy (non-hydrogen) atoms. The van der Waals surface area contributed by atoms with Gasteiger partial charge in [0.15, 0.2) is 9.84 Å². The monoisotopic (exact) mass is 340 g/mol. The summed E-state index contributed by atoms with van der Waals surface area (Å²) < 4.78 is 28.3. The SMILES string of the molecule is COc1ccc(C(C)(C)NC(=O)N(C)C2CCS(=O)(=O)C2)cc1. The molecule has 0 radical (unpaired) electrons. The van der Waals surface area contributed by atoms with Crippen molar-refractivity contribution in [3.05, 3.63) is 29.8 Å². The van der Waals surface area contributed by atoms with Gasteiger partial charge in [0.25, 0.3) is 0 Å². The van der Waals surface area contributed by atoms with Gasteiger partial charge in [0.1, 0.15) is 5.75 Å². The van der Waals surface area contributed by atoms with Crippen molar-refractivity contribution in [2.75, 3.05) is 25.7 Å². The number of carbonyl (C=O) groups excluding carboxylic acids is 1. The average Bonchev–Trinajstić information content (AvgIpc) is 2.86. The van der Waals surface area contributed by atoms with E-state index in [-0.39, 0.29) is 23.6 Å². The molecule has 0 bridgehead atoms. The molecule has 0 aromatic heterocycles. The highest BCUT2D eigenvalue weighted by atomic mass is 32.2. The minimum Gasteiger partial charge on any atom is -0.497 e. The van der Waals surface area contributed by atoms with E-state index in [1.807, 2.05) is 38.1 Å². The molecule has 0 aliphatic carbocycles. The van der Waals surface area contributed by atoms with Gasteiger partial charge in [-0.05, 0) is 38.0 Å². The van der Waals surface area contributed by atoms with Gasteiger partial charge in [-0.15, -0.1) is 0 Å². The Morgan fingerprint density at radius 1 is 1.30 bits per heavy atom. The molecule has 2 rings (SSSR count). The summed E-state index contributed by atoms with van der Waals surface area (Å²) in [6.45, 7) is 3.82. The number of hydrogen-bond acceptors (Lipinski definition) is 4. The molecule has 1 aliphatic heterocycles. The van der Waals surface area contributed by atoms with Gasteiger partial charge < -0.3 is 15.0 Å². The molecule has 128 valence electrons. The van der Waals surface area contributed by atoms with Crippen LogP contribution in [0.5, 0.6) is 5.75 Å². The molecule has 1 fully saturated rings. The Labute approximate surface area is 137 Å². The molecular weight excluding hydrogens is 316 g/mol. The van der Waals surface area contributed by atoms with Crippen molar-refractivity contribution in [2.45, 2.75) is 31.8 Å². The van der Waals surface area contributed by atoms with Crippen molar-refractivity contribution < 1.29 is 17.9 Å². The topological polar surface area (TPSA) is 75.7 Å². The molecule has 1 atom stereocenters. The minimum atomic E-state index is -3.01. The van der Waals surface area contributed by atoms with E-state index in [0.717, 1.165) is 11.3 Å². The highest BCUT2D eigenvalue weighted by Crippen LogP contribution is 2.24. The summed E-state index contributed by atoms with van der Waals surface area (Å²) in [4.78, 5) is 13.9. The Balaban J connectivity index is 2.05. The first kappa shape index (κ1) is 17.6. The van der Waals surface area contributed by atoms with Gasteiger partial charge in [-0.2, -0.15) is 0 Å². The molecule has 1 N–H and O–H groups in total. The standard InChI is InChI=1S/C16H24N2O4S/c1-16(2,12-5-7-14(22-4)8-6-12)17-15(19)18(3)13-9-10-23(20,21)11-13/h5-8,13H,9-11H2,1-4H3,(H,17,19). The quantitative estimate of drug-likeness (QED) is 0.906. The lowest BCUT2D eigenvalue weighted by atomic mass is 9.94. The number of methoxy groups -OCH3 is 1. The Kier molecular flexibility index (Phi) is 4.89. The second-order valence-corrected chi connectivity index (χ2v) is 8.68. The fourth-order valence-corrected chi connectivity index (χ4v) is 4.46. The van der Waals surface area contributed by atoms with Crippen LogP contribution in [0, 0.1) is 0 Å². The summed E-state index contributed by atoms with van der Waals surface area (Å²) in [7, 11) is 0.234. The van der Waals surface area contributed by atoms with Gasteiger partial charge in [0, 0.05) is 13.1 Å². The number of hydrogen-bond donors (Lipinski definition) is 1. The van der Waals surface area contributed by atoms with Gasteiger partial charge in [-0.1, -0.05) is 12.1 Å². The number of benzene rings is 1. The molecule has 0 saturated carbocycles. The highest BCUT2D eigenvalue weighted by Gasteiger charge is 2.34. The zero-order chi connectivity index (χ0) is 17.3. The van der Waals surface area contributed by atoms with E-state index in [0.29, 0.717) is 6.42 Å². The van der Waals surface area contributed by atoms with Crippen LogP contribution in [0.25, 0.3) is 0 Å². The third kappa shape index (κ3) is 4.16. The normalized spacial score (nSPS) is 20.1. The molecule has 1 aromatic carbocycles. The maximum absolute atomic E-state index is 12.4. The molecule has 0 spiro atoms. The molecule has 2 amide bonds. The lowest BCUT2D eigenvalue weighted by Crippen LogP contribution is -2.50. The van der Waals surface area contributed by atoms with Crippen molar-refractivity contribution in [1.82, 2.24) is 10.2 Å². The molecule has 6 nitrogen and oxygen atoms in total. The Bertz CT molecular complexity index is 668. The van der Waals surface area contributed by atoms with Crippen LogP contribution >= 0.6 is 0 Å². The van der Waals surface area contributed by atoms with Crippen molar-refractivity contribution in [2.24, 2.45) is 0 Å². The first-order valence-electron chi connectivity index (χ1n) is 7.54. The number of amides is 2. The maximum Gasteiger partial charge on any atom is 0.318 e. The largest absolute Gasteiger partial charge is 0.497 e. The third-order valence-corrected chi connectivity index (χ3v) is 6.06. The predicted octanol–water partition coefficient (Wildman–Crippen LogP) is 1.76. The number of sulfone groups is 1. The summed E-state index contributed by atoms with van der Waals surface area (Å²) in [6.07, 6.45) is 0.495. The lowest BCUT2D eigenvalue weighted by Gasteiger charge is -2.32. The first-order valence-corrected chi connectivity index (χ1v) is 9.37. The smallest absolute Gasteiger partial charge is 0.318 e. The summed E-state index contributed by atoms with van der Waals surface area (Å²) in [5.41, 5.74) is 0.369. The van der Waals surface area contributed by atoms with E-state index >= 15 is 0 Å². The van der Waals surface area contributed by atoms with Crippen molar-refractivity contribution in [1.29, 1.82) is 0 Å². The predicted molar refractivity (Wildman–Crippen MR) is 89.4 cm³/mol. The number of carbonyl (C=O) groups is 1. The molecule has 7 heteroatoms. The summed E-state index contributed by atoms with van der Waals surface area (Å²) in [6, 6.07) is 6.96. The molecule has 1 saturated heterocycles. The van der Waals surface area contributed by atoms with Gasteiger partial charge in [0.05, 0.1) is 24.2 Å². The number of urea groups is 1. The van der Waals surface area contributed by atoms with E-state index in [1.54, 1.807) is 14.2 Å². The van der Waals surface area contributed by atoms with E-state index in [9.17, 15) is 13.2 Å². The summed E-state index contributed by atoms with van der Waals surface area (Å²) >= 11 is 0. The molecular formula is C16H24N2O4S. The number of rotatable bonds is 4. The number of ether oxygens (including phenoxy) is 1. The summed E-state index contributed by atoms with van der Waals surface area (Å²) in [5.74, 6) is 0.945.